The zero-order valence-electron chi connectivity index (χ0n) is 10.1. The van der Waals surface area contributed by atoms with Gasteiger partial charge >= 0.3 is 0 Å². The molecule has 1 heterocycles. The van der Waals surface area contributed by atoms with Crippen LogP contribution in [0.5, 0.6) is 0 Å². The molecule has 7 heteroatoms. The Kier molecular flexibility index (Phi) is 4.10. The van der Waals surface area contributed by atoms with Gasteiger partial charge in [-0.05, 0) is 36.4 Å². The molecule has 0 amide bonds. The van der Waals surface area contributed by atoms with Crippen molar-refractivity contribution < 1.29 is 8.42 Å². The molecule has 0 radical (unpaired) electrons. The number of nitrogens with two attached hydrogens (primary N) is 1. The Morgan fingerprint density at radius 3 is 2.42 bits per heavy atom. The van der Waals surface area contributed by atoms with Crippen LogP contribution in [-0.4, -0.2) is 13.4 Å². The minimum Gasteiger partial charge on any atom is -0.324 e. The van der Waals surface area contributed by atoms with Gasteiger partial charge in [-0.1, -0.05) is 6.07 Å². The van der Waals surface area contributed by atoms with Crippen molar-refractivity contribution in [2.24, 2.45) is 5.84 Å². The zero-order chi connectivity index (χ0) is 13.7. The fourth-order valence-corrected chi connectivity index (χ4v) is 2.48. The highest BCUT2D eigenvalue weighted by Crippen LogP contribution is 2.13. The molecule has 0 aliphatic rings. The first kappa shape index (κ1) is 13.5. The summed E-state index contributed by atoms with van der Waals surface area (Å²) in [4.78, 5) is 4.23. The van der Waals surface area contributed by atoms with E-state index in [2.05, 4.69) is 15.1 Å². The molecule has 2 rings (SSSR count). The van der Waals surface area contributed by atoms with Crippen LogP contribution in [0.3, 0.4) is 0 Å². The number of hydrogen-bond acceptors (Lipinski definition) is 5. The molecule has 0 atom stereocenters. The third-order valence-corrected chi connectivity index (χ3v) is 3.92. The smallest absolute Gasteiger partial charge is 0.240 e. The molecule has 0 aliphatic carbocycles. The lowest BCUT2D eigenvalue weighted by Gasteiger charge is -2.07. The first-order valence-corrected chi connectivity index (χ1v) is 7.06. The number of nitrogen functional groups attached to an aromatic ring is 1. The number of benzene rings is 1. The third kappa shape index (κ3) is 3.50. The largest absolute Gasteiger partial charge is 0.324 e. The van der Waals surface area contributed by atoms with Crippen molar-refractivity contribution in [1.29, 1.82) is 0 Å². The van der Waals surface area contributed by atoms with Crippen molar-refractivity contribution in [3.05, 3.63) is 54.4 Å². The molecule has 0 saturated carbocycles. The summed E-state index contributed by atoms with van der Waals surface area (Å²) in [6.07, 6.45) is 1.62. The van der Waals surface area contributed by atoms with Crippen LogP contribution in [0.15, 0.2) is 53.6 Å². The predicted octanol–water partition coefficient (Wildman–Crippen LogP) is 0.846. The van der Waals surface area contributed by atoms with Gasteiger partial charge in [-0.15, -0.1) is 0 Å². The van der Waals surface area contributed by atoms with Crippen molar-refractivity contribution in [2.75, 3.05) is 5.43 Å². The first-order valence-electron chi connectivity index (χ1n) is 5.58. The summed E-state index contributed by atoms with van der Waals surface area (Å²) in [6, 6.07) is 11.5. The van der Waals surface area contributed by atoms with E-state index in [0.29, 0.717) is 11.4 Å². The van der Waals surface area contributed by atoms with E-state index in [1.807, 2.05) is 0 Å². The standard InChI is InChI=1S/C12H14N4O2S/c13-16-10-4-6-12(7-5-10)19(17,18)15-9-11-3-1-2-8-14-11/h1-8,15-16H,9,13H2. The Morgan fingerprint density at radius 1 is 1.11 bits per heavy atom. The second kappa shape index (κ2) is 5.79. The lowest BCUT2D eigenvalue weighted by atomic mass is 10.3. The molecule has 4 N–H and O–H groups in total. The number of sulfonamides is 1. The monoisotopic (exact) mass is 278 g/mol. The van der Waals surface area contributed by atoms with Gasteiger partial charge in [-0.25, -0.2) is 13.1 Å². The van der Waals surface area contributed by atoms with E-state index in [0.717, 1.165) is 0 Å². The Balaban J connectivity index is 2.09. The normalized spacial score (nSPS) is 11.2. The van der Waals surface area contributed by atoms with E-state index in [9.17, 15) is 8.42 Å². The van der Waals surface area contributed by atoms with Gasteiger partial charge in [-0.3, -0.25) is 10.8 Å². The third-order valence-electron chi connectivity index (χ3n) is 2.50. The molecule has 0 unspecified atom stereocenters. The highest BCUT2D eigenvalue weighted by Gasteiger charge is 2.13. The maximum Gasteiger partial charge on any atom is 0.240 e. The number of aromatic nitrogens is 1. The van der Waals surface area contributed by atoms with Crippen LogP contribution < -0.4 is 16.0 Å². The molecule has 1 aromatic carbocycles. The molecule has 0 bridgehead atoms. The molecule has 6 nitrogen and oxygen atoms in total. The fourth-order valence-electron chi connectivity index (χ4n) is 1.49. The Labute approximate surface area is 111 Å². The summed E-state index contributed by atoms with van der Waals surface area (Å²) in [5.74, 6) is 5.22. The minimum absolute atomic E-state index is 0.153. The van der Waals surface area contributed by atoms with Gasteiger partial charge in [0.1, 0.15) is 0 Å². The molecular formula is C12H14N4O2S. The van der Waals surface area contributed by atoms with Crippen LogP contribution in [0, 0.1) is 0 Å². The van der Waals surface area contributed by atoms with Gasteiger partial charge in [0.2, 0.25) is 10.0 Å². The summed E-state index contributed by atoms with van der Waals surface area (Å²) >= 11 is 0. The summed E-state index contributed by atoms with van der Waals surface area (Å²) in [5.41, 5.74) is 3.74. The molecule has 0 fully saturated rings. The van der Waals surface area contributed by atoms with E-state index in [4.69, 9.17) is 5.84 Å². The maximum absolute atomic E-state index is 12.0. The van der Waals surface area contributed by atoms with Crippen LogP contribution in [0.4, 0.5) is 5.69 Å². The second-order valence-corrected chi connectivity index (χ2v) is 5.58. The number of rotatable bonds is 5. The summed E-state index contributed by atoms with van der Waals surface area (Å²) < 4.78 is 26.5. The minimum atomic E-state index is -3.54. The Bertz CT molecular complexity index is 627. The molecule has 19 heavy (non-hydrogen) atoms. The van der Waals surface area contributed by atoms with Gasteiger partial charge in [0.15, 0.2) is 0 Å². The quantitative estimate of drug-likeness (QED) is 0.556. The average Bonchev–Trinajstić information content (AvgIpc) is 2.46. The number of nitrogens with zero attached hydrogens (tertiary/aromatic N) is 1. The summed E-state index contributed by atoms with van der Waals surface area (Å²) in [7, 11) is -3.54. The lowest BCUT2D eigenvalue weighted by molar-refractivity contribution is 0.580. The van der Waals surface area contributed by atoms with Crippen LogP contribution >= 0.6 is 0 Å². The SMILES string of the molecule is NNc1ccc(S(=O)(=O)NCc2ccccn2)cc1. The molecule has 0 spiro atoms. The molecular weight excluding hydrogens is 264 g/mol. The zero-order valence-corrected chi connectivity index (χ0v) is 10.9. The Hall–Kier alpha value is -1.96. The molecule has 100 valence electrons. The average molecular weight is 278 g/mol. The van der Waals surface area contributed by atoms with Gasteiger partial charge in [0.25, 0.3) is 0 Å². The molecule has 1 aromatic heterocycles. The molecule has 2 aromatic rings. The maximum atomic E-state index is 12.0. The van der Waals surface area contributed by atoms with E-state index >= 15 is 0 Å². The lowest BCUT2D eigenvalue weighted by Crippen LogP contribution is -2.23. The number of pyridine rings is 1. The van der Waals surface area contributed by atoms with Gasteiger partial charge in [0, 0.05) is 11.9 Å². The number of hydrogen-bond donors (Lipinski definition) is 3. The fraction of sp³-hybridized carbons (Fsp3) is 0.0833. The van der Waals surface area contributed by atoms with E-state index in [1.165, 1.54) is 12.1 Å². The second-order valence-electron chi connectivity index (χ2n) is 3.81. The summed E-state index contributed by atoms with van der Waals surface area (Å²) in [6.45, 7) is 0.153. The Morgan fingerprint density at radius 2 is 1.84 bits per heavy atom. The van der Waals surface area contributed by atoms with Crippen molar-refractivity contribution in [3.8, 4) is 0 Å². The van der Waals surface area contributed by atoms with E-state index in [1.54, 1.807) is 36.5 Å². The summed E-state index contributed by atoms with van der Waals surface area (Å²) in [5, 5.41) is 0. The van der Waals surface area contributed by atoms with Crippen LogP contribution in [0.25, 0.3) is 0 Å². The number of hydrazine groups is 1. The highest BCUT2D eigenvalue weighted by molar-refractivity contribution is 7.89. The van der Waals surface area contributed by atoms with Gasteiger partial charge in [0.05, 0.1) is 17.1 Å². The van der Waals surface area contributed by atoms with Crippen molar-refractivity contribution in [3.63, 3.8) is 0 Å². The number of nitrogens with one attached hydrogen (secondary N) is 2. The number of anilines is 1. The van der Waals surface area contributed by atoms with Gasteiger partial charge < -0.3 is 5.43 Å². The van der Waals surface area contributed by atoms with Crippen LogP contribution in [-0.2, 0) is 16.6 Å². The first-order chi connectivity index (χ1) is 9.12. The van der Waals surface area contributed by atoms with Crippen molar-refractivity contribution in [2.45, 2.75) is 11.4 Å². The van der Waals surface area contributed by atoms with Crippen LogP contribution in [0.1, 0.15) is 5.69 Å². The topological polar surface area (TPSA) is 97.1 Å². The molecule has 0 saturated heterocycles. The predicted molar refractivity (Wildman–Crippen MR) is 72.5 cm³/mol. The highest BCUT2D eigenvalue weighted by atomic mass is 32.2. The van der Waals surface area contributed by atoms with Gasteiger partial charge in [-0.2, -0.15) is 0 Å². The van der Waals surface area contributed by atoms with Crippen molar-refractivity contribution in [1.82, 2.24) is 9.71 Å². The van der Waals surface area contributed by atoms with E-state index < -0.39 is 10.0 Å². The molecule has 0 aliphatic heterocycles. The van der Waals surface area contributed by atoms with E-state index in [-0.39, 0.29) is 11.4 Å². The van der Waals surface area contributed by atoms with Crippen molar-refractivity contribution >= 4 is 15.7 Å². The van der Waals surface area contributed by atoms with Crippen LogP contribution in [0.2, 0.25) is 0 Å².